The van der Waals surface area contributed by atoms with Crippen LogP contribution in [-0.4, -0.2) is 33.6 Å². The van der Waals surface area contributed by atoms with Gasteiger partial charge in [0.15, 0.2) is 0 Å². The molecule has 2 unspecified atom stereocenters. The first kappa shape index (κ1) is 14.7. The topological polar surface area (TPSA) is 62.2 Å². The zero-order valence-corrected chi connectivity index (χ0v) is 13.1. The number of pyridine rings is 1. The van der Waals surface area contributed by atoms with Crippen molar-refractivity contribution in [1.82, 2.24) is 4.98 Å². The van der Waals surface area contributed by atoms with Crippen LogP contribution < -0.4 is 5.32 Å². The number of rotatable bonds is 4. The molecule has 1 aliphatic carbocycles. The standard InChI is InChI=1S/C13H17BrN2O2S/c1-19-10-4-2-3-9(6-10)16-12-11(13(17)18)5-8(14)7-15-12/h5,7,9-10H,2-4,6H2,1H3,(H,15,16)(H,17,18). The van der Waals surface area contributed by atoms with Crippen LogP contribution in [0.25, 0.3) is 0 Å². The quantitative estimate of drug-likeness (QED) is 0.873. The lowest BCUT2D eigenvalue weighted by molar-refractivity contribution is 0.0697. The van der Waals surface area contributed by atoms with Crippen molar-refractivity contribution in [2.75, 3.05) is 11.6 Å². The number of thioether (sulfide) groups is 1. The molecule has 1 aliphatic rings. The van der Waals surface area contributed by atoms with Crippen molar-refractivity contribution in [3.8, 4) is 0 Å². The molecule has 2 N–H and O–H groups in total. The van der Waals surface area contributed by atoms with Gasteiger partial charge in [-0.3, -0.25) is 0 Å². The molecule has 2 rings (SSSR count). The lowest BCUT2D eigenvalue weighted by atomic mass is 9.95. The highest BCUT2D eigenvalue weighted by Gasteiger charge is 2.23. The van der Waals surface area contributed by atoms with Gasteiger partial charge < -0.3 is 10.4 Å². The number of hydrogen-bond donors (Lipinski definition) is 2. The van der Waals surface area contributed by atoms with Crippen molar-refractivity contribution in [3.63, 3.8) is 0 Å². The van der Waals surface area contributed by atoms with Gasteiger partial charge in [-0.05, 0) is 47.5 Å². The number of carboxylic acids is 1. The van der Waals surface area contributed by atoms with E-state index >= 15 is 0 Å². The summed E-state index contributed by atoms with van der Waals surface area (Å²) >= 11 is 5.14. The summed E-state index contributed by atoms with van der Waals surface area (Å²) in [5, 5.41) is 13.2. The summed E-state index contributed by atoms with van der Waals surface area (Å²) in [5.74, 6) is -0.476. The van der Waals surface area contributed by atoms with Crippen LogP contribution in [0.3, 0.4) is 0 Å². The van der Waals surface area contributed by atoms with E-state index in [2.05, 4.69) is 32.5 Å². The van der Waals surface area contributed by atoms with Crippen molar-refractivity contribution in [2.45, 2.75) is 37.0 Å². The van der Waals surface area contributed by atoms with Gasteiger partial charge in [0.25, 0.3) is 0 Å². The third-order valence-corrected chi connectivity index (χ3v) is 4.91. The summed E-state index contributed by atoms with van der Waals surface area (Å²) in [6.45, 7) is 0. The molecule has 0 spiro atoms. The summed E-state index contributed by atoms with van der Waals surface area (Å²) < 4.78 is 0.682. The van der Waals surface area contributed by atoms with Crippen molar-refractivity contribution in [3.05, 3.63) is 22.3 Å². The fraction of sp³-hybridized carbons (Fsp3) is 0.538. The maximum absolute atomic E-state index is 11.2. The number of aromatic carboxylic acids is 1. The summed E-state index contributed by atoms with van der Waals surface area (Å²) in [6, 6.07) is 1.91. The highest BCUT2D eigenvalue weighted by molar-refractivity contribution is 9.10. The Kier molecular flexibility index (Phi) is 5.10. The van der Waals surface area contributed by atoms with Gasteiger partial charge in [0.1, 0.15) is 11.4 Å². The molecular weight excluding hydrogens is 328 g/mol. The highest BCUT2D eigenvalue weighted by atomic mass is 79.9. The van der Waals surface area contributed by atoms with E-state index < -0.39 is 5.97 Å². The van der Waals surface area contributed by atoms with E-state index in [1.165, 1.54) is 12.8 Å². The predicted molar refractivity (Wildman–Crippen MR) is 82.1 cm³/mol. The highest BCUT2D eigenvalue weighted by Crippen LogP contribution is 2.29. The Morgan fingerprint density at radius 3 is 3.05 bits per heavy atom. The number of anilines is 1. The molecule has 1 heterocycles. The van der Waals surface area contributed by atoms with Gasteiger partial charge in [-0.15, -0.1) is 0 Å². The summed E-state index contributed by atoms with van der Waals surface area (Å²) in [7, 11) is 0. The van der Waals surface area contributed by atoms with Gasteiger partial charge in [0.2, 0.25) is 0 Å². The maximum Gasteiger partial charge on any atom is 0.339 e. The monoisotopic (exact) mass is 344 g/mol. The number of carbonyl (C=O) groups is 1. The van der Waals surface area contributed by atoms with Crippen molar-refractivity contribution < 1.29 is 9.90 Å². The lowest BCUT2D eigenvalue weighted by Crippen LogP contribution is -2.29. The first-order valence-corrected chi connectivity index (χ1v) is 8.36. The number of nitrogens with one attached hydrogen (secondary N) is 1. The Bertz CT molecular complexity index is 470. The molecule has 104 valence electrons. The fourth-order valence-electron chi connectivity index (χ4n) is 2.40. The van der Waals surface area contributed by atoms with Crippen molar-refractivity contribution >= 4 is 39.5 Å². The number of aromatic nitrogens is 1. The van der Waals surface area contributed by atoms with E-state index in [0.29, 0.717) is 21.6 Å². The fourth-order valence-corrected chi connectivity index (χ4v) is 3.56. The molecular formula is C13H17BrN2O2S. The SMILES string of the molecule is CSC1CCCC(Nc2ncc(Br)cc2C(=O)O)C1. The van der Waals surface area contributed by atoms with Crippen molar-refractivity contribution in [1.29, 1.82) is 0 Å². The van der Waals surface area contributed by atoms with E-state index in [4.69, 9.17) is 0 Å². The zero-order chi connectivity index (χ0) is 13.8. The molecule has 6 heteroatoms. The van der Waals surface area contributed by atoms with Gasteiger partial charge in [-0.2, -0.15) is 11.8 Å². The Morgan fingerprint density at radius 2 is 2.37 bits per heavy atom. The number of nitrogens with zero attached hydrogens (tertiary/aromatic N) is 1. The third kappa shape index (κ3) is 3.86. The largest absolute Gasteiger partial charge is 0.478 e. The van der Waals surface area contributed by atoms with Gasteiger partial charge in [-0.25, -0.2) is 9.78 Å². The molecule has 2 atom stereocenters. The van der Waals surface area contributed by atoms with Gasteiger partial charge >= 0.3 is 5.97 Å². The summed E-state index contributed by atoms with van der Waals surface area (Å²) in [5.41, 5.74) is 0.223. The second kappa shape index (κ2) is 6.61. The zero-order valence-electron chi connectivity index (χ0n) is 10.7. The molecule has 1 aromatic heterocycles. The van der Waals surface area contributed by atoms with E-state index in [9.17, 15) is 9.90 Å². The van der Waals surface area contributed by atoms with Crippen LogP contribution in [0.15, 0.2) is 16.7 Å². The number of halogens is 1. The average molecular weight is 345 g/mol. The molecule has 1 saturated carbocycles. The minimum atomic E-state index is -0.950. The van der Waals surface area contributed by atoms with Crippen LogP contribution in [0.4, 0.5) is 5.82 Å². The van der Waals surface area contributed by atoms with Gasteiger partial charge in [0, 0.05) is 22.0 Å². The van der Waals surface area contributed by atoms with E-state index in [0.717, 1.165) is 12.8 Å². The molecule has 4 nitrogen and oxygen atoms in total. The van der Waals surface area contributed by atoms with E-state index in [-0.39, 0.29) is 5.56 Å². The van der Waals surface area contributed by atoms with Crippen molar-refractivity contribution in [2.24, 2.45) is 0 Å². The van der Waals surface area contributed by atoms with E-state index in [1.54, 1.807) is 12.3 Å². The molecule has 0 amide bonds. The molecule has 0 radical (unpaired) electrons. The number of hydrogen-bond acceptors (Lipinski definition) is 4. The normalized spacial score (nSPS) is 23.1. The van der Waals surface area contributed by atoms with E-state index in [1.807, 2.05) is 11.8 Å². The Balaban J connectivity index is 2.12. The van der Waals surface area contributed by atoms with Crippen LogP contribution in [0.2, 0.25) is 0 Å². The molecule has 0 bridgehead atoms. The predicted octanol–water partition coefficient (Wildman–Crippen LogP) is 3.63. The number of carboxylic acid groups (broad SMARTS) is 1. The van der Waals surface area contributed by atoms with Crippen LogP contribution in [0, 0.1) is 0 Å². The molecule has 0 aromatic carbocycles. The van der Waals surface area contributed by atoms with Crippen LogP contribution in [0.5, 0.6) is 0 Å². The molecule has 1 fully saturated rings. The Morgan fingerprint density at radius 1 is 1.58 bits per heavy atom. The molecule has 0 saturated heterocycles. The van der Waals surface area contributed by atoms with Crippen LogP contribution in [0.1, 0.15) is 36.0 Å². The first-order chi connectivity index (χ1) is 9.10. The Hall–Kier alpha value is -0.750. The smallest absolute Gasteiger partial charge is 0.339 e. The van der Waals surface area contributed by atoms with Gasteiger partial charge in [0.05, 0.1) is 0 Å². The second-order valence-corrected chi connectivity index (χ2v) is 6.77. The maximum atomic E-state index is 11.2. The molecule has 1 aromatic rings. The Labute approximate surface area is 125 Å². The second-order valence-electron chi connectivity index (χ2n) is 4.72. The minimum Gasteiger partial charge on any atom is -0.478 e. The molecule has 0 aliphatic heterocycles. The van der Waals surface area contributed by atoms with Crippen LogP contribution in [-0.2, 0) is 0 Å². The lowest BCUT2D eigenvalue weighted by Gasteiger charge is -2.29. The summed E-state index contributed by atoms with van der Waals surface area (Å²) in [6.07, 6.45) is 8.34. The minimum absolute atomic E-state index is 0.223. The average Bonchev–Trinajstić information content (AvgIpc) is 2.41. The third-order valence-electron chi connectivity index (χ3n) is 3.39. The first-order valence-electron chi connectivity index (χ1n) is 6.28. The molecule has 19 heavy (non-hydrogen) atoms. The summed E-state index contributed by atoms with van der Waals surface area (Å²) in [4.78, 5) is 15.4. The van der Waals surface area contributed by atoms with Gasteiger partial charge in [-0.1, -0.05) is 6.42 Å². The van der Waals surface area contributed by atoms with Crippen LogP contribution >= 0.6 is 27.7 Å².